The van der Waals surface area contributed by atoms with Gasteiger partial charge >= 0.3 is 0 Å². The van der Waals surface area contributed by atoms with Crippen molar-refractivity contribution in [3.05, 3.63) is 90.8 Å². The van der Waals surface area contributed by atoms with Crippen molar-refractivity contribution in [1.82, 2.24) is 35.3 Å². The number of pyridine rings is 2. The minimum Gasteiger partial charge on any atom is -0.326 e. The van der Waals surface area contributed by atoms with Crippen LogP contribution in [0.3, 0.4) is 0 Å². The molecule has 0 aliphatic heterocycles. The summed E-state index contributed by atoms with van der Waals surface area (Å²) in [4.78, 5) is 14.3. The molecule has 2 aromatic carbocycles. The van der Waals surface area contributed by atoms with Gasteiger partial charge in [0.1, 0.15) is 11.4 Å². The second kappa shape index (κ2) is 8.34. The van der Waals surface area contributed by atoms with Gasteiger partial charge < -0.3 is 5.73 Å². The molecule has 4 heterocycles. The Bertz CT molecular complexity index is 1570. The number of nitrogens with two attached hydrogens (primary N) is 1. The first-order valence-electron chi connectivity index (χ1n) is 10.9. The second-order valence-corrected chi connectivity index (χ2v) is 7.86. The minimum atomic E-state index is 0.504. The van der Waals surface area contributed by atoms with E-state index < -0.39 is 0 Å². The third kappa shape index (κ3) is 3.52. The van der Waals surface area contributed by atoms with Crippen LogP contribution in [0.2, 0.25) is 0 Å². The van der Waals surface area contributed by atoms with Crippen molar-refractivity contribution in [3.63, 3.8) is 0 Å². The van der Waals surface area contributed by atoms with Crippen molar-refractivity contribution < 1.29 is 0 Å². The van der Waals surface area contributed by atoms with Crippen molar-refractivity contribution in [1.29, 1.82) is 0 Å². The van der Waals surface area contributed by atoms with E-state index >= 15 is 0 Å². The Balaban J connectivity index is 1.56. The molecule has 34 heavy (non-hydrogen) atoms. The van der Waals surface area contributed by atoms with Crippen LogP contribution in [-0.4, -0.2) is 35.3 Å². The lowest BCUT2D eigenvalue weighted by Gasteiger charge is -2.13. The van der Waals surface area contributed by atoms with Gasteiger partial charge in [-0.1, -0.05) is 54.6 Å². The summed E-state index contributed by atoms with van der Waals surface area (Å²) in [5.41, 5.74) is 13.1. The Kier molecular flexibility index (Phi) is 4.90. The van der Waals surface area contributed by atoms with E-state index in [9.17, 15) is 0 Å². The molecule has 0 aliphatic carbocycles. The van der Waals surface area contributed by atoms with E-state index in [-0.39, 0.29) is 0 Å². The molecular formula is C26H20N8. The predicted molar refractivity (Wildman–Crippen MR) is 131 cm³/mol. The molecule has 4 aromatic heterocycles. The number of nitrogens with zero attached hydrogens (tertiary/aromatic N) is 5. The fourth-order valence-corrected chi connectivity index (χ4v) is 4.01. The Labute approximate surface area is 194 Å². The zero-order valence-corrected chi connectivity index (χ0v) is 18.1. The summed E-state index contributed by atoms with van der Waals surface area (Å²) in [5, 5.41) is 15.1. The number of aromatic nitrogens is 7. The van der Waals surface area contributed by atoms with Crippen LogP contribution in [0.4, 0.5) is 0 Å². The van der Waals surface area contributed by atoms with Crippen LogP contribution < -0.4 is 5.73 Å². The molecule has 0 unspecified atom stereocenters. The van der Waals surface area contributed by atoms with Crippen LogP contribution in [0.25, 0.3) is 56.3 Å². The maximum atomic E-state index is 5.80. The van der Waals surface area contributed by atoms with Gasteiger partial charge in [-0.3, -0.25) is 15.2 Å². The zero-order valence-electron chi connectivity index (χ0n) is 18.1. The SMILES string of the molecule is NCc1ccc(-c2nc3ccnc(-c4nc(-c5ccn[nH]5)n[nH]4)c3cc2-c2ccccc2)cc1. The van der Waals surface area contributed by atoms with Gasteiger partial charge in [0.15, 0.2) is 11.6 Å². The lowest BCUT2D eigenvalue weighted by atomic mass is 9.96. The van der Waals surface area contributed by atoms with Gasteiger partial charge in [0, 0.05) is 35.5 Å². The molecule has 0 saturated heterocycles. The molecule has 0 fully saturated rings. The third-order valence-corrected chi connectivity index (χ3v) is 5.74. The molecule has 164 valence electrons. The molecule has 6 rings (SSSR count). The number of aromatic amines is 2. The fourth-order valence-electron chi connectivity index (χ4n) is 4.01. The highest BCUT2D eigenvalue weighted by Crippen LogP contribution is 2.35. The second-order valence-electron chi connectivity index (χ2n) is 7.86. The Hall–Kier alpha value is -4.69. The van der Waals surface area contributed by atoms with Gasteiger partial charge in [0.2, 0.25) is 0 Å². The molecule has 4 N–H and O–H groups in total. The lowest BCUT2D eigenvalue weighted by molar-refractivity contribution is 1.05. The van der Waals surface area contributed by atoms with Crippen molar-refractivity contribution in [3.8, 4) is 45.4 Å². The summed E-state index contributed by atoms with van der Waals surface area (Å²) in [5.74, 6) is 1.09. The third-order valence-electron chi connectivity index (χ3n) is 5.74. The normalized spacial score (nSPS) is 11.2. The van der Waals surface area contributed by atoms with Crippen molar-refractivity contribution in [2.75, 3.05) is 0 Å². The van der Waals surface area contributed by atoms with E-state index in [0.717, 1.165) is 44.5 Å². The van der Waals surface area contributed by atoms with E-state index in [1.165, 1.54) is 0 Å². The van der Waals surface area contributed by atoms with Crippen LogP contribution >= 0.6 is 0 Å². The Morgan fingerprint density at radius 3 is 2.38 bits per heavy atom. The Morgan fingerprint density at radius 2 is 1.62 bits per heavy atom. The highest BCUT2D eigenvalue weighted by molar-refractivity contribution is 5.97. The van der Waals surface area contributed by atoms with E-state index in [4.69, 9.17) is 10.7 Å². The van der Waals surface area contributed by atoms with Crippen molar-refractivity contribution >= 4 is 10.9 Å². The standard InChI is InChI=1S/C26H20N8/c27-15-16-6-8-18(9-7-16)23-19(17-4-2-1-3-5-17)14-20-21(30-23)10-12-28-24(20)26-31-25(33-34-26)22-11-13-29-32-22/h1-14H,15,27H2,(H,29,32)(H,31,33,34). The molecule has 6 aromatic rings. The molecule has 0 spiro atoms. The molecule has 0 bridgehead atoms. The first-order chi connectivity index (χ1) is 16.8. The molecular weight excluding hydrogens is 424 g/mol. The number of rotatable bonds is 5. The van der Waals surface area contributed by atoms with E-state index in [1.54, 1.807) is 12.4 Å². The summed E-state index contributed by atoms with van der Waals surface area (Å²) in [6, 6.07) is 24.3. The number of fused-ring (bicyclic) bond motifs is 1. The van der Waals surface area contributed by atoms with Crippen molar-refractivity contribution in [2.24, 2.45) is 5.73 Å². The summed E-state index contributed by atoms with van der Waals surface area (Å²) < 4.78 is 0. The van der Waals surface area contributed by atoms with Crippen LogP contribution in [-0.2, 0) is 6.54 Å². The molecule has 0 atom stereocenters. The van der Waals surface area contributed by atoms with Crippen LogP contribution in [0.15, 0.2) is 85.2 Å². The van der Waals surface area contributed by atoms with Gasteiger partial charge in [-0.15, -0.1) is 0 Å². The van der Waals surface area contributed by atoms with Crippen molar-refractivity contribution in [2.45, 2.75) is 6.54 Å². The first kappa shape index (κ1) is 20.0. The van der Waals surface area contributed by atoms with Gasteiger partial charge in [0.05, 0.1) is 11.2 Å². The van der Waals surface area contributed by atoms with Crippen LogP contribution in [0, 0.1) is 0 Å². The summed E-state index contributed by atoms with van der Waals surface area (Å²) in [7, 11) is 0. The van der Waals surface area contributed by atoms with Gasteiger partial charge in [-0.2, -0.15) is 10.2 Å². The van der Waals surface area contributed by atoms with Crippen LogP contribution in [0.5, 0.6) is 0 Å². The van der Waals surface area contributed by atoms with Gasteiger partial charge in [-0.05, 0) is 29.3 Å². The monoisotopic (exact) mass is 444 g/mol. The lowest BCUT2D eigenvalue weighted by Crippen LogP contribution is -1.97. The van der Waals surface area contributed by atoms with E-state index in [0.29, 0.717) is 23.9 Å². The molecule has 0 aliphatic rings. The highest BCUT2D eigenvalue weighted by Gasteiger charge is 2.17. The number of benzene rings is 2. The largest absolute Gasteiger partial charge is 0.326 e. The average Bonchev–Trinajstić information content (AvgIpc) is 3.61. The minimum absolute atomic E-state index is 0.504. The molecule has 0 amide bonds. The summed E-state index contributed by atoms with van der Waals surface area (Å²) in [6.07, 6.45) is 3.41. The summed E-state index contributed by atoms with van der Waals surface area (Å²) in [6.45, 7) is 0.504. The van der Waals surface area contributed by atoms with E-state index in [2.05, 4.69) is 60.7 Å². The smallest absolute Gasteiger partial charge is 0.199 e. The van der Waals surface area contributed by atoms with Gasteiger partial charge in [-0.25, -0.2) is 9.97 Å². The number of H-pyrrole nitrogens is 2. The molecule has 8 heteroatoms. The first-order valence-corrected chi connectivity index (χ1v) is 10.9. The molecule has 8 nitrogen and oxygen atoms in total. The highest BCUT2D eigenvalue weighted by atomic mass is 15.2. The number of hydrogen-bond acceptors (Lipinski definition) is 6. The predicted octanol–water partition coefficient (Wildman–Crippen LogP) is 4.60. The Morgan fingerprint density at radius 1 is 0.765 bits per heavy atom. The molecule has 0 saturated carbocycles. The average molecular weight is 445 g/mol. The maximum absolute atomic E-state index is 5.80. The molecule has 0 radical (unpaired) electrons. The number of hydrogen-bond donors (Lipinski definition) is 3. The topological polar surface area (TPSA) is 122 Å². The fraction of sp³-hybridized carbons (Fsp3) is 0.0385. The number of nitrogens with one attached hydrogen (secondary N) is 2. The quantitative estimate of drug-likeness (QED) is 0.357. The van der Waals surface area contributed by atoms with Gasteiger partial charge in [0.25, 0.3) is 0 Å². The zero-order chi connectivity index (χ0) is 22.9. The van der Waals surface area contributed by atoms with E-state index in [1.807, 2.05) is 42.5 Å². The van der Waals surface area contributed by atoms with Crippen LogP contribution in [0.1, 0.15) is 5.56 Å². The maximum Gasteiger partial charge on any atom is 0.199 e. The summed E-state index contributed by atoms with van der Waals surface area (Å²) >= 11 is 0.